The van der Waals surface area contributed by atoms with Gasteiger partial charge in [-0.25, -0.2) is 4.39 Å². The molecule has 3 aliphatic heterocycles. The molecule has 4 heterocycles. The van der Waals surface area contributed by atoms with Gasteiger partial charge >= 0.3 is 0 Å². The van der Waals surface area contributed by atoms with Crippen molar-refractivity contribution in [2.24, 2.45) is 0 Å². The van der Waals surface area contributed by atoms with Crippen molar-refractivity contribution in [3.8, 4) is 17.2 Å². The lowest BCUT2D eigenvalue weighted by molar-refractivity contribution is -0.122. The summed E-state index contributed by atoms with van der Waals surface area (Å²) < 4.78 is 31.2. The minimum Gasteiger partial charge on any atom is -0.491 e. The molecule has 1 unspecified atom stereocenters. The summed E-state index contributed by atoms with van der Waals surface area (Å²) in [4.78, 5) is 17.8. The van der Waals surface area contributed by atoms with Gasteiger partial charge in [0.2, 0.25) is 12.7 Å². The van der Waals surface area contributed by atoms with E-state index < -0.39 is 5.41 Å². The van der Waals surface area contributed by atoms with E-state index in [2.05, 4.69) is 0 Å². The first-order valence-corrected chi connectivity index (χ1v) is 10.1. The largest absolute Gasteiger partial charge is 0.491 e. The highest BCUT2D eigenvalue weighted by atomic mass is 32.1. The summed E-state index contributed by atoms with van der Waals surface area (Å²) in [6.07, 6.45) is 0. The normalized spacial score (nSPS) is 20.9. The van der Waals surface area contributed by atoms with E-state index in [1.165, 1.54) is 17.0 Å². The first-order valence-electron chi connectivity index (χ1n) is 9.30. The van der Waals surface area contributed by atoms with E-state index in [4.69, 9.17) is 14.2 Å². The third-order valence-electron chi connectivity index (χ3n) is 5.81. The summed E-state index contributed by atoms with van der Waals surface area (Å²) in [6.45, 7) is 2.74. The van der Waals surface area contributed by atoms with Crippen LogP contribution >= 0.6 is 11.3 Å². The number of thiophene rings is 1. The fourth-order valence-electron chi connectivity index (χ4n) is 4.46. The summed E-state index contributed by atoms with van der Waals surface area (Å²) in [5.41, 5.74) is 0.966. The van der Waals surface area contributed by atoms with E-state index in [0.717, 1.165) is 10.6 Å². The number of fused-ring (bicyclic) bond motifs is 5. The molecule has 0 radical (unpaired) electrons. The van der Waals surface area contributed by atoms with Crippen LogP contribution in [0.2, 0.25) is 0 Å². The molecular weight excluding hydrogens is 393 g/mol. The lowest BCUT2D eigenvalue weighted by Crippen LogP contribution is -2.42. The predicted octanol–water partition coefficient (Wildman–Crippen LogP) is 4.15. The number of carbonyl (C=O) groups is 1. The van der Waals surface area contributed by atoms with Crippen LogP contribution in [-0.4, -0.2) is 19.3 Å². The van der Waals surface area contributed by atoms with E-state index in [1.54, 1.807) is 34.4 Å². The molecule has 0 bridgehead atoms. The van der Waals surface area contributed by atoms with Crippen molar-refractivity contribution in [3.05, 3.63) is 69.2 Å². The van der Waals surface area contributed by atoms with Crippen molar-refractivity contribution < 1.29 is 23.4 Å². The van der Waals surface area contributed by atoms with Crippen molar-refractivity contribution in [3.63, 3.8) is 0 Å². The molecule has 7 heteroatoms. The summed E-state index contributed by atoms with van der Waals surface area (Å²) in [7, 11) is 0. The van der Waals surface area contributed by atoms with Gasteiger partial charge in [-0.3, -0.25) is 4.79 Å². The van der Waals surface area contributed by atoms with E-state index in [0.29, 0.717) is 34.9 Å². The molecular formula is C22H16FNO4S. The number of hydrogen-bond donors (Lipinski definition) is 0. The molecule has 0 aliphatic carbocycles. The minimum atomic E-state index is -1.08. The van der Waals surface area contributed by atoms with Gasteiger partial charge in [-0.15, -0.1) is 11.3 Å². The molecule has 1 spiro atoms. The summed E-state index contributed by atoms with van der Waals surface area (Å²) >= 11 is 1.65. The van der Waals surface area contributed by atoms with Crippen LogP contribution in [0.25, 0.3) is 0 Å². The fraction of sp³-hybridized carbons (Fsp3) is 0.227. The number of ether oxygens (including phenoxy) is 3. The minimum absolute atomic E-state index is 0.109. The van der Waals surface area contributed by atoms with Gasteiger partial charge in [0.1, 0.15) is 23.6 Å². The van der Waals surface area contributed by atoms with Crippen molar-refractivity contribution >= 4 is 22.9 Å². The monoisotopic (exact) mass is 409 g/mol. The molecule has 0 saturated carbocycles. The molecule has 0 N–H and O–H groups in total. The first-order chi connectivity index (χ1) is 14.1. The molecule has 0 saturated heterocycles. The van der Waals surface area contributed by atoms with Crippen molar-refractivity contribution in [2.45, 2.75) is 18.9 Å². The second-order valence-corrected chi connectivity index (χ2v) is 8.83. The van der Waals surface area contributed by atoms with Gasteiger partial charge in [0, 0.05) is 32.6 Å². The van der Waals surface area contributed by atoms with Crippen LogP contribution in [0.15, 0.2) is 42.5 Å². The van der Waals surface area contributed by atoms with Gasteiger partial charge in [0.25, 0.3) is 0 Å². The predicted molar refractivity (Wildman–Crippen MR) is 105 cm³/mol. The zero-order valence-corrected chi connectivity index (χ0v) is 16.3. The number of aryl methyl sites for hydroxylation is 1. The zero-order valence-electron chi connectivity index (χ0n) is 15.5. The third-order valence-corrected chi connectivity index (χ3v) is 6.79. The molecule has 146 valence electrons. The zero-order chi connectivity index (χ0) is 19.8. The molecule has 3 aromatic rings. The number of halogens is 1. The maximum atomic E-state index is 14.3. The van der Waals surface area contributed by atoms with Crippen LogP contribution < -0.4 is 19.1 Å². The Kier molecular flexibility index (Phi) is 3.33. The van der Waals surface area contributed by atoms with Gasteiger partial charge in [-0.2, -0.15) is 0 Å². The van der Waals surface area contributed by atoms with Crippen LogP contribution in [-0.2, 0) is 16.8 Å². The maximum absolute atomic E-state index is 14.3. The number of hydrogen-bond acceptors (Lipinski definition) is 5. The summed E-state index contributed by atoms with van der Waals surface area (Å²) in [5, 5.41) is 0. The topological polar surface area (TPSA) is 48.0 Å². The van der Waals surface area contributed by atoms with E-state index >= 15 is 0 Å². The van der Waals surface area contributed by atoms with Crippen LogP contribution in [0.5, 0.6) is 17.2 Å². The van der Waals surface area contributed by atoms with Crippen molar-refractivity contribution in [1.82, 2.24) is 0 Å². The SMILES string of the molecule is Cc1ccc(CN2C(=O)C3(COc4cc5c(cc43)OCO5)c3cc(F)ccc32)s1. The highest BCUT2D eigenvalue weighted by Gasteiger charge is 2.57. The molecule has 3 aliphatic rings. The second-order valence-electron chi connectivity index (χ2n) is 7.46. The number of amides is 1. The Labute approximate surface area is 170 Å². The highest BCUT2D eigenvalue weighted by Crippen LogP contribution is 2.55. The number of benzene rings is 2. The third kappa shape index (κ3) is 2.22. The van der Waals surface area contributed by atoms with Gasteiger partial charge in [-0.1, -0.05) is 0 Å². The lowest BCUT2D eigenvalue weighted by atomic mass is 9.77. The van der Waals surface area contributed by atoms with Gasteiger partial charge in [-0.05, 0) is 43.3 Å². The summed E-state index contributed by atoms with van der Waals surface area (Å²) in [6, 6.07) is 12.2. The molecule has 6 rings (SSSR count). The average molecular weight is 409 g/mol. The second kappa shape index (κ2) is 5.73. The number of anilines is 1. The first kappa shape index (κ1) is 16.9. The molecule has 29 heavy (non-hydrogen) atoms. The summed E-state index contributed by atoms with van der Waals surface area (Å²) in [5.74, 6) is 1.26. The maximum Gasteiger partial charge on any atom is 0.246 e. The van der Waals surface area contributed by atoms with Crippen LogP contribution in [0, 0.1) is 12.7 Å². The molecule has 5 nitrogen and oxygen atoms in total. The molecule has 1 atom stereocenters. The van der Waals surface area contributed by atoms with E-state index in [1.807, 2.05) is 19.1 Å². The van der Waals surface area contributed by atoms with Crippen LogP contribution in [0.3, 0.4) is 0 Å². The Morgan fingerprint density at radius 1 is 1.03 bits per heavy atom. The highest BCUT2D eigenvalue weighted by molar-refractivity contribution is 7.11. The fourth-order valence-corrected chi connectivity index (χ4v) is 5.34. The average Bonchev–Trinajstić information content (AvgIpc) is 3.45. The van der Waals surface area contributed by atoms with Crippen LogP contribution in [0.1, 0.15) is 20.9 Å². The Bertz CT molecular complexity index is 1190. The smallest absolute Gasteiger partial charge is 0.246 e. The quantitative estimate of drug-likeness (QED) is 0.638. The van der Waals surface area contributed by atoms with Crippen molar-refractivity contribution in [2.75, 3.05) is 18.3 Å². The van der Waals surface area contributed by atoms with E-state index in [9.17, 15) is 9.18 Å². The molecule has 2 aromatic carbocycles. The van der Waals surface area contributed by atoms with E-state index in [-0.39, 0.29) is 25.1 Å². The van der Waals surface area contributed by atoms with Gasteiger partial charge < -0.3 is 19.1 Å². The van der Waals surface area contributed by atoms with Crippen LogP contribution in [0.4, 0.5) is 10.1 Å². The van der Waals surface area contributed by atoms with Crippen molar-refractivity contribution in [1.29, 1.82) is 0 Å². The Balaban J connectivity index is 1.53. The van der Waals surface area contributed by atoms with Gasteiger partial charge in [0.15, 0.2) is 11.5 Å². The Hall–Kier alpha value is -3.06. The lowest BCUT2D eigenvalue weighted by Gasteiger charge is -2.23. The molecule has 1 aromatic heterocycles. The standard InChI is InChI=1S/C22H16FNO4S/c1-12-2-4-14(29-12)9-24-17-5-3-13(23)6-15(17)22(21(24)25)10-26-18-8-20-19(7-16(18)22)27-11-28-20/h2-8H,9-11H2,1H3. The molecule has 0 fully saturated rings. The molecule has 1 amide bonds. The number of carbonyl (C=O) groups excluding carboxylic acids is 1. The number of rotatable bonds is 2. The Morgan fingerprint density at radius 3 is 2.66 bits per heavy atom. The number of nitrogens with zero attached hydrogens (tertiary/aromatic N) is 1. The Morgan fingerprint density at radius 2 is 1.86 bits per heavy atom. The van der Waals surface area contributed by atoms with Gasteiger partial charge in [0.05, 0.1) is 6.54 Å².